The highest BCUT2D eigenvalue weighted by Gasteiger charge is 2.28. The van der Waals surface area contributed by atoms with Crippen molar-refractivity contribution in [1.82, 2.24) is 15.2 Å². The highest BCUT2D eigenvalue weighted by molar-refractivity contribution is 7.99. The molecule has 0 radical (unpaired) electrons. The Morgan fingerprint density at radius 2 is 1.86 bits per heavy atom. The monoisotopic (exact) mass is 397 g/mol. The number of hydrogen-bond donors (Lipinski definition) is 1. The van der Waals surface area contributed by atoms with Crippen LogP contribution >= 0.6 is 11.8 Å². The third-order valence-corrected chi connectivity index (χ3v) is 6.67. The van der Waals surface area contributed by atoms with Gasteiger partial charge < -0.3 is 10.1 Å². The summed E-state index contributed by atoms with van der Waals surface area (Å²) in [4.78, 5) is 18.9. The zero-order valence-electron chi connectivity index (χ0n) is 16.0. The molecule has 0 saturated carbocycles. The third-order valence-electron chi connectivity index (χ3n) is 5.52. The molecule has 3 heterocycles. The number of thioether (sulfide) groups is 1. The first-order chi connectivity index (χ1) is 13.8. The number of aromatic nitrogens is 1. The Hall–Kier alpha value is -2.05. The molecule has 1 atom stereocenters. The van der Waals surface area contributed by atoms with E-state index in [0.717, 1.165) is 43.3 Å². The predicted octanol–water partition coefficient (Wildman–Crippen LogP) is 3.36. The first-order valence-corrected chi connectivity index (χ1v) is 11.2. The van der Waals surface area contributed by atoms with Crippen LogP contribution in [0.15, 0.2) is 48.8 Å². The molecule has 1 aromatic carbocycles. The molecule has 0 spiro atoms. The predicted molar refractivity (Wildman–Crippen MR) is 113 cm³/mol. The lowest BCUT2D eigenvalue weighted by Gasteiger charge is -2.35. The molecule has 6 heteroatoms. The van der Waals surface area contributed by atoms with Gasteiger partial charge in [-0.05, 0) is 67.0 Å². The van der Waals surface area contributed by atoms with Crippen LogP contribution in [0.4, 0.5) is 0 Å². The molecule has 2 aromatic rings. The molecule has 2 aliphatic rings. The van der Waals surface area contributed by atoms with Gasteiger partial charge in [-0.15, -0.1) is 0 Å². The summed E-state index contributed by atoms with van der Waals surface area (Å²) in [6.45, 7) is 2.76. The Morgan fingerprint density at radius 3 is 2.54 bits per heavy atom. The summed E-state index contributed by atoms with van der Waals surface area (Å²) in [5.41, 5.74) is 1.68. The zero-order chi connectivity index (χ0) is 19.2. The van der Waals surface area contributed by atoms with Crippen molar-refractivity contribution in [2.75, 3.05) is 24.6 Å². The maximum atomic E-state index is 12.3. The second kappa shape index (κ2) is 9.43. The summed E-state index contributed by atoms with van der Waals surface area (Å²) in [7, 11) is 0. The fourth-order valence-electron chi connectivity index (χ4n) is 3.83. The van der Waals surface area contributed by atoms with Gasteiger partial charge in [-0.1, -0.05) is 0 Å². The second-order valence-electron chi connectivity index (χ2n) is 7.43. The van der Waals surface area contributed by atoms with Gasteiger partial charge in [-0.25, -0.2) is 0 Å². The minimum absolute atomic E-state index is 0.0777. The van der Waals surface area contributed by atoms with E-state index in [1.165, 1.54) is 17.9 Å². The van der Waals surface area contributed by atoms with Gasteiger partial charge in [0.15, 0.2) is 0 Å². The van der Waals surface area contributed by atoms with Crippen LogP contribution in [0.1, 0.15) is 35.2 Å². The Labute approximate surface area is 170 Å². The minimum atomic E-state index is -0.0777. The van der Waals surface area contributed by atoms with E-state index in [-0.39, 0.29) is 12.0 Å². The number of ether oxygens (including phenoxy) is 1. The third kappa shape index (κ3) is 5.06. The molecular formula is C22H27N3O2S. The Bertz CT molecular complexity index is 755. The molecule has 1 amide bonds. The number of likely N-dealkylation sites (tertiary alicyclic amines) is 1. The van der Waals surface area contributed by atoms with Crippen LogP contribution in [0.3, 0.4) is 0 Å². The van der Waals surface area contributed by atoms with Crippen molar-refractivity contribution < 1.29 is 9.53 Å². The average molecular weight is 398 g/mol. The second-order valence-corrected chi connectivity index (χ2v) is 8.58. The van der Waals surface area contributed by atoms with Gasteiger partial charge in [-0.2, -0.15) is 11.8 Å². The largest absolute Gasteiger partial charge is 0.490 e. The fraction of sp³-hybridized carbons (Fsp3) is 0.455. The van der Waals surface area contributed by atoms with E-state index >= 15 is 0 Å². The number of amides is 1. The van der Waals surface area contributed by atoms with E-state index in [9.17, 15) is 4.79 Å². The SMILES string of the molecule is O=C(NCc1ccncc1)c1ccc(OC2CCN(C3CCSC3)CC2)cc1. The standard InChI is InChI=1S/C22H27N3O2S/c26-22(24-15-17-5-10-23-11-6-17)18-1-3-20(4-2-18)27-21-7-12-25(13-8-21)19-9-14-28-16-19/h1-6,10-11,19,21H,7-9,12-16H2,(H,24,26). The van der Waals surface area contributed by atoms with Gasteiger partial charge in [0.1, 0.15) is 11.9 Å². The summed E-state index contributed by atoms with van der Waals surface area (Å²) >= 11 is 2.08. The molecule has 0 bridgehead atoms. The number of carbonyl (C=O) groups is 1. The fourth-order valence-corrected chi connectivity index (χ4v) is 5.09. The number of nitrogens with one attached hydrogen (secondary N) is 1. The first kappa shape index (κ1) is 19.3. The van der Waals surface area contributed by atoms with Crippen LogP contribution in [-0.4, -0.2) is 52.5 Å². The van der Waals surface area contributed by atoms with Crippen molar-refractivity contribution in [1.29, 1.82) is 0 Å². The van der Waals surface area contributed by atoms with E-state index in [2.05, 4.69) is 27.0 Å². The number of hydrogen-bond acceptors (Lipinski definition) is 5. The van der Waals surface area contributed by atoms with Crippen LogP contribution < -0.4 is 10.1 Å². The van der Waals surface area contributed by atoms with Gasteiger partial charge >= 0.3 is 0 Å². The summed E-state index contributed by atoms with van der Waals surface area (Å²) in [5, 5.41) is 2.93. The Morgan fingerprint density at radius 1 is 1.11 bits per heavy atom. The zero-order valence-corrected chi connectivity index (χ0v) is 16.9. The van der Waals surface area contributed by atoms with Crippen LogP contribution in [0.2, 0.25) is 0 Å². The number of benzene rings is 1. The summed E-state index contributed by atoms with van der Waals surface area (Å²) in [5.74, 6) is 3.37. The molecular weight excluding hydrogens is 370 g/mol. The first-order valence-electron chi connectivity index (χ1n) is 10.0. The molecule has 1 unspecified atom stereocenters. The molecule has 0 aliphatic carbocycles. The number of nitrogens with zero attached hydrogens (tertiary/aromatic N) is 2. The van der Waals surface area contributed by atoms with Gasteiger partial charge in [0.25, 0.3) is 5.91 Å². The van der Waals surface area contributed by atoms with E-state index in [4.69, 9.17) is 4.74 Å². The molecule has 2 aliphatic heterocycles. The van der Waals surface area contributed by atoms with Crippen molar-refractivity contribution >= 4 is 17.7 Å². The average Bonchev–Trinajstić information content (AvgIpc) is 3.29. The normalized spacial score (nSPS) is 20.8. The molecule has 2 fully saturated rings. The molecule has 1 N–H and O–H groups in total. The van der Waals surface area contributed by atoms with E-state index < -0.39 is 0 Å². The van der Waals surface area contributed by atoms with E-state index in [1.54, 1.807) is 12.4 Å². The summed E-state index contributed by atoms with van der Waals surface area (Å²) in [6, 6.07) is 12.0. The highest BCUT2D eigenvalue weighted by atomic mass is 32.2. The number of piperidine rings is 1. The number of pyridine rings is 1. The van der Waals surface area contributed by atoms with Crippen molar-refractivity contribution in [2.45, 2.75) is 38.0 Å². The van der Waals surface area contributed by atoms with Gasteiger partial charge in [0.05, 0.1) is 0 Å². The van der Waals surface area contributed by atoms with Gasteiger partial charge in [0.2, 0.25) is 0 Å². The number of carbonyl (C=O) groups excluding carboxylic acids is 1. The van der Waals surface area contributed by atoms with E-state index in [0.29, 0.717) is 12.1 Å². The molecule has 5 nitrogen and oxygen atoms in total. The maximum Gasteiger partial charge on any atom is 0.251 e. The lowest BCUT2D eigenvalue weighted by Crippen LogP contribution is -2.44. The maximum absolute atomic E-state index is 12.3. The molecule has 4 rings (SSSR count). The minimum Gasteiger partial charge on any atom is -0.490 e. The van der Waals surface area contributed by atoms with Crippen molar-refractivity contribution in [3.8, 4) is 5.75 Å². The van der Waals surface area contributed by atoms with Gasteiger partial charge in [-0.3, -0.25) is 14.7 Å². The summed E-state index contributed by atoms with van der Waals surface area (Å²) in [6.07, 6.45) is 7.22. The van der Waals surface area contributed by atoms with E-state index in [1.807, 2.05) is 36.4 Å². The van der Waals surface area contributed by atoms with Crippen LogP contribution in [0.25, 0.3) is 0 Å². The lowest BCUT2D eigenvalue weighted by atomic mass is 10.0. The summed E-state index contributed by atoms with van der Waals surface area (Å²) < 4.78 is 6.16. The molecule has 148 valence electrons. The highest BCUT2D eigenvalue weighted by Crippen LogP contribution is 2.26. The number of rotatable bonds is 6. The van der Waals surface area contributed by atoms with Crippen molar-refractivity contribution in [3.05, 3.63) is 59.9 Å². The topological polar surface area (TPSA) is 54.5 Å². The molecule has 1 aromatic heterocycles. The van der Waals surface area contributed by atoms with Crippen molar-refractivity contribution in [2.24, 2.45) is 0 Å². The van der Waals surface area contributed by atoms with Crippen molar-refractivity contribution in [3.63, 3.8) is 0 Å². The van der Waals surface area contributed by atoms with Crippen LogP contribution in [0, 0.1) is 0 Å². The van der Waals surface area contributed by atoms with Crippen LogP contribution in [-0.2, 0) is 6.54 Å². The smallest absolute Gasteiger partial charge is 0.251 e. The molecule has 28 heavy (non-hydrogen) atoms. The Balaban J connectivity index is 1.23. The Kier molecular flexibility index (Phi) is 6.49. The lowest BCUT2D eigenvalue weighted by molar-refractivity contribution is 0.0816. The van der Waals surface area contributed by atoms with Gasteiger partial charge in [0, 0.05) is 49.4 Å². The van der Waals surface area contributed by atoms with Crippen LogP contribution in [0.5, 0.6) is 5.75 Å². The quantitative estimate of drug-likeness (QED) is 0.810. The molecule has 2 saturated heterocycles.